The van der Waals surface area contributed by atoms with Crippen LogP contribution in [0.3, 0.4) is 0 Å². The highest BCUT2D eigenvalue weighted by molar-refractivity contribution is 6.04. The molecule has 1 fully saturated rings. The van der Waals surface area contributed by atoms with E-state index < -0.39 is 0 Å². The largest absolute Gasteiger partial charge is 0.326 e. The molecule has 2 N–H and O–H groups in total. The molecule has 0 saturated heterocycles. The third kappa shape index (κ3) is 3.95. The molecule has 6 heteroatoms. The van der Waals surface area contributed by atoms with Crippen LogP contribution >= 0.6 is 0 Å². The lowest BCUT2D eigenvalue weighted by Crippen LogP contribution is -2.17. The summed E-state index contributed by atoms with van der Waals surface area (Å²) in [6, 6.07) is 7.37. The second-order valence-corrected chi connectivity index (χ2v) is 8.04. The second-order valence-electron chi connectivity index (χ2n) is 8.04. The number of amides is 2. The fourth-order valence-corrected chi connectivity index (χ4v) is 2.66. The van der Waals surface area contributed by atoms with E-state index in [4.69, 9.17) is 0 Å². The summed E-state index contributed by atoms with van der Waals surface area (Å²) in [5, 5.41) is 10.3. The highest BCUT2D eigenvalue weighted by Crippen LogP contribution is 2.31. The normalized spacial score (nSPS) is 14.2. The van der Waals surface area contributed by atoms with Gasteiger partial charge in [0.15, 0.2) is 0 Å². The molecule has 0 aliphatic heterocycles. The van der Waals surface area contributed by atoms with E-state index in [1.807, 2.05) is 25.1 Å². The molecule has 1 aromatic heterocycles. The Morgan fingerprint density at radius 2 is 1.85 bits per heavy atom. The standard InChI is InChI=1S/C20H26N4O2/c1-12-6-9-14(21-18(25)13-7-8-13)10-15(12)22-19(26)16-11-17(20(2,3)4)23-24(16)5/h6,9-11,13H,7-8H2,1-5H3,(H,21,25)(H,22,26). The lowest BCUT2D eigenvalue weighted by Gasteiger charge is -2.13. The maximum Gasteiger partial charge on any atom is 0.273 e. The number of anilines is 2. The quantitative estimate of drug-likeness (QED) is 0.880. The number of benzene rings is 1. The average Bonchev–Trinajstić information content (AvgIpc) is 3.31. The number of carbonyl (C=O) groups excluding carboxylic acids is 2. The molecular weight excluding hydrogens is 328 g/mol. The summed E-state index contributed by atoms with van der Waals surface area (Å²) >= 11 is 0. The van der Waals surface area contributed by atoms with Crippen molar-refractivity contribution in [1.82, 2.24) is 9.78 Å². The minimum atomic E-state index is -0.218. The molecule has 1 aliphatic rings. The second kappa shape index (κ2) is 6.59. The lowest BCUT2D eigenvalue weighted by molar-refractivity contribution is -0.117. The van der Waals surface area contributed by atoms with Crippen LogP contribution in [0.15, 0.2) is 24.3 Å². The first-order valence-corrected chi connectivity index (χ1v) is 8.92. The van der Waals surface area contributed by atoms with Crippen molar-refractivity contribution in [3.63, 3.8) is 0 Å². The summed E-state index contributed by atoms with van der Waals surface area (Å²) in [4.78, 5) is 24.7. The highest BCUT2D eigenvalue weighted by Gasteiger charge is 2.29. The molecule has 6 nitrogen and oxygen atoms in total. The molecule has 0 atom stereocenters. The molecule has 0 radical (unpaired) electrons. The van der Waals surface area contributed by atoms with Crippen molar-refractivity contribution >= 4 is 23.2 Å². The van der Waals surface area contributed by atoms with E-state index >= 15 is 0 Å². The smallest absolute Gasteiger partial charge is 0.273 e. The van der Waals surface area contributed by atoms with Crippen LogP contribution in [0.4, 0.5) is 11.4 Å². The van der Waals surface area contributed by atoms with Crippen LogP contribution in [0.5, 0.6) is 0 Å². The Labute approximate surface area is 154 Å². The summed E-state index contributed by atoms with van der Waals surface area (Å²) in [7, 11) is 1.77. The van der Waals surface area contributed by atoms with Gasteiger partial charge >= 0.3 is 0 Å². The summed E-state index contributed by atoms with van der Waals surface area (Å²) in [5.41, 5.74) is 3.56. The average molecular weight is 354 g/mol. The maximum absolute atomic E-state index is 12.7. The number of rotatable bonds is 4. The predicted molar refractivity (Wildman–Crippen MR) is 102 cm³/mol. The van der Waals surface area contributed by atoms with Crippen molar-refractivity contribution in [3.8, 4) is 0 Å². The fourth-order valence-electron chi connectivity index (χ4n) is 2.66. The molecular formula is C20H26N4O2. The van der Waals surface area contributed by atoms with Gasteiger partial charge in [0, 0.05) is 29.8 Å². The molecule has 1 heterocycles. The number of aromatic nitrogens is 2. The van der Waals surface area contributed by atoms with E-state index in [-0.39, 0.29) is 23.1 Å². The Balaban J connectivity index is 1.78. The van der Waals surface area contributed by atoms with E-state index in [1.54, 1.807) is 17.8 Å². The van der Waals surface area contributed by atoms with Gasteiger partial charge in [-0.1, -0.05) is 26.8 Å². The van der Waals surface area contributed by atoms with Gasteiger partial charge in [0.05, 0.1) is 5.69 Å². The van der Waals surface area contributed by atoms with Gasteiger partial charge in [0.25, 0.3) is 5.91 Å². The summed E-state index contributed by atoms with van der Waals surface area (Å²) in [6.45, 7) is 8.11. The van der Waals surface area contributed by atoms with Gasteiger partial charge in [0.1, 0.15) is 5.69 Å². The monoisotopic (exact) mass is 354 g/mol. The van der Waals surface area contributed by atoms with E-state index in [1.165, 1.54) is 0 Å². The zero-order valence-electron chi connectivity index (χ0n) is 16.0. The molecule has 0 spiro atoms. The lowest BCUT2D eigenvalue weighted by atomic mass is 9.92. The molecule has 3 rings (SSSR count). The predicted octanol–water partition coefficient (Wildman–Crippen LogP) is 3.63. The van der Waals surface area contributed by atoms with E-state index in [2.05, 4.69) is 36.5 Å². The number of carbonyl (C=O) groups is 2. The van der Waals surface area contributed by atoms with Crippen molar-refractivity contribution in [2.45, 2.75) is 46.0 Å². The Hall–Kier alpha value is -2.63. The Kier molecular flexibility index (Phi) is 4.61. The van der Waals surface area contributed by atoms with Gasteiger partial charge in [-0.25, -0.2) is 0 Å². The van der Waals surface area contributed by atoms with Crippen LogP contribution < -0.4 is 10.6 Å². The van der Waals surface area contributed by atoms with Crippen LogP contribution in [0.1, 0.15) is 55.4 Å². The van der Waals surface area contributed by atoms with Crippen molar-refractivity contribution in [2.75, 3.05) is 10.6 Å². The zero-order valence-corrected chi connectivity index (χ0v) is 16.0. The first kappa shape index (κ1) is 18.2. The van der Waals surface area contributed by atoms with Crippen LogP contribution in [-0.2, 0) is 17.3 Å². The molecule has 1 saturated carbocycles. The first-order chi connectivity index (χ1) is 12.1. The molecule has 0 unspecified atom stereocenters. The van der Waals surface area contributed by atoms with E-state index in [0.29, 0.717) is 17.1 Å². The van der Waals surface area contributed by atoms with E-state index in [0.717, 1.165) is 24.1 Å². The molecule has 138 valence electrons. The van der Waals surface area contributed by atoms with Gasteiger partial charge in [0.2, 0.25) is 5.91 Å². The topological polar surface area (TPSA) is 76.0 Å². The van der Waals surface area contributed by atoms with Crippen LogP contribution in [0, 0.1) is 12.8 Å². The summed E-state index contributed by atoms with van der Waals surface area (Å²) in [5.74, 6) is -0.0311. The molecule has 1 aromatic carbocycles. The van der Waals surface area contributed by atoms with E-state index in [9.17, 15) is 9.59 Å². The SMILES string of the molecule is Cc1ccc(NC(=O)C2CC2)cc1NC(=O)c1cc(C(C)(C)C)nn1C. The highest BCUT2D eigenvalue weighted by atomic mass is 16.2. The maximum atomic E-state index is 12.7. The third-order valence-corrected chi connectivity index (χ3v) is 4.58. The van der Waals surface area contributed by atoms with Crippen LogP contribution in [-0.4, -0.2) is 21.6 Å². The van der Waals surface area contributed by atoms with Crippen LogP contribution in [0.25, 0.3) is 0 Å². The summed E-state index contributed by atoms with van der Waals surface area (Å²) in [6.07, 6.45) is 1.91. The van der Waals surface area contributed by atoms with Gasteiger partial charge in [-0.2, -0.15) is 5.10 Å². The molecule has 26 heavy (non-hydrogen) atoms. The zero-order chi connectivity index (χ0) is 19.1. The third-order valence-electron chi connectivity index (χ3n) is 4.58. The van der Waals surface area contributed by atoms with Gasteiger partial charge < -0.3 is 10.6 Å². The Morgan fingerprint density at radius 3 is 2.42 bits per heavy atom. The van der Waals surface area contributed by atoms with Crippen molar-refractivity contribution in [1.29, 1.82) is 0 Å². The molecule has 1 aliphatic carbocycles. The molecule has 2 aromatic rings. The summed E-state index contributed by atoms with van der Waals surface area (Å²) < 4.78 is 1.60. The fraction of sp³-hybridized carbons (Fsp3) is 0.450. The number of nitrogens with zero attached hydrogens (tertiary/aromatic N) is 2. The minimum absolute atomic E-state index is 0.0487. The Morgan fingerprint density at radius 1 is 1.15 bits per heavy atom. The van der Waals surface area contributed by atoms with Gasteiger partial charge in [-0.05, 0) is 43.5 Å². The Bertz CT molecular complexity index is 857. The molecule has 2 amide bonds. The number of hydrogen-bond acceptors (Lipinski definition) is 3. The van der Waals surface area contributed by atoms with Gasteiger partial charge in [-0.3, -0.25) is 14.3 Å². The first-order valence-electron chi connectivity index (χ1n) is 8.92. The number of nitrogens with one attached hydrogen (secondary N) is 2. The molecule has 0 bridgehead atoms. The van der Waals surface area contributed by atoms with Crippen LogP contribution in [0.2, 0.25) is 0 Å². The van der Waals surface area contributed by atoms with Crippen molar-refractivity contribution in [3.05, 3.63) is 41.2 Å². The van der Waals surface area contributed by atoms with Crippen molar-refractivity contribution < 1.29 is 9.59 Å². The number of aryl methyl sites for hydroxylation is 2. The van der Waals surface area contributed by atoms with Gasteiger partial charge in [-0.15, -0.1) is 0 Å². The van der Waals surface area contributed by atoms with Crippen molar-refractivity contribution in [2.24, 2.45) is 13.0 Å². The number of hydrogen-bond donors (Lipinski definition) is 2. The minimum Gasteiger partial charge on any atom is -0.326 e.